The van der Waals surface area contributed by atoms with Crippen LogP contribution >= 0.6 is 0 Å². The molecule has 4 rings (SSSR count). The van der Waals surface area contributed by atoms with Gasteiger partial charge >= 0.3 is 0 Å². The maximum atomic E-state index is 5.93. The Morgan fingerprint density at radius 2 is 1.43 bits per heavy atom. The first-order chi connectivity index (χ1) is 14.7. The monoisotopic (exact) mass is 401 g/mol. The average Bonchev–Trinajstić information content (AvgIpc) is 2.80. The van der Waals surface area contributed by atoms with E-state index in [4.69, 9.17) is 4.74 Å². The summed E-state index contributed by atoms with van der Waals surface area (Å²) in [6, 6.07) is 25.8. The van der Waals surface area contributed by atoms with Crippen LogP contribution in [0.4, 0.5) is 11.4 Å². The van der Waals surface area contributed by atoms with Gasteiger partial charge in [-0.1, -0.05) is 60.7 Å². The number of hydrogen-bond donors (Lipinski definition) is 1. The highest BCUT2D eigenvalue weighted by Crippen LogP contribution is 2.38. The molecule has 4 nitrogen and oxygen atoms in total. The standard InChI is InChI=1S/C26H31N3O/c1-21-17-24(28-15-13-27-14-16-28)18-25(30-2)26(21)29(19-22-9-5-3-6-10-22)20-23-11-7-4-8-12-23/h3-12,17-18,27H,13-16,19-20H2,1-2H3. The summed E-state index contributed by atoms with van der Waals surface area (Å²) < 4.78 is 5.93. The third kappa shape index (κ3) is 4.77. The van der Waals surface area contributed by atoms with E-state index in [1.165, 1.54) is 28.1 Å². The van der Waals surface area contributed by atoms with Gasteiger partial charge in [0.25, 0.3) is 0 Å². The summed E-state index contributed by atoms with van der Waals surface area (Å²) in [4.78, 5) is 4.87. The first kappa shape index (κ1) is 20.3. The second kappa shape index (κ2) is 9.68. The van der Waals surface area contributed by atoms with Crippen LogP contribution in [0.3, 0.4) is 0 Å². The zero-order valence-electron chi connectivity index (χ0n) is 18.0. The van der Waals surface area contributed by atoms with Crippen molar-refractivity contribution in [1.82, 2.24) is 5.32 Å². The van der Waals surface area contributed by atoms with Gasteiger partial charge < -0.3 is 19.9 Å². The predicted molar refractivity (Wildman–Crippen MR) is 126 cm³/mol. The summed E-state index contributed by atoms with van der Waals surface area (Å²) in [6.07, 6.45) is 0. The van der Waals surface area contributed by atoms with E-state index in [9.17, 15) is 0 Å². The van der Waals surface area contributed by atoms with E-state index in [0.29, 0.717) is 0 Å². The summed E-state index contributed by atoms with van der Waals surface area (Å²) in [6.45, 7) is 7.97. The third-order valence-corrected chi connectivity index (χ3v) is 5.70. The van der Waals surface area contributed by atoms with E-state index in [0.717, 1.165) is 45.0 Å². The minimum absolute atomic E-state index is 0.833. The van der Waals surface area contributed by atoms with Crippen molar-refractivity contribution in [2.45, 2.75) is 20.0 Å². The van der Waals surface area contributed by atoms with Gasteiger partial charge in [0.2, 0.25) is 0 Å². The van der Waals surface area contributed by atoms with Crippen molar-refractivity contribution in [3.63, 3.8) is 0 Å². The molecule has 1 aliphatic rings. The van der Waals surface area contributed by atoms with Crippen LogP contribution in [0.25, 0.3) is 0 Å². The highest BCUT2D eigenvalue weighted by molar-refractivity contribution is 5.70. The Morgan fingerprint density at radius 3 is 1.97 bits per heavy atom. The smallest absolute Gasteiger partial charge is 0.144 e. The molecule has 0 radical (unpaired) electrons. The Labute approximate surface area is 180 Å². The third-order valence-electron chi connectivity index (χ3n) is 5.70. The first-order valence-electron chi connectivity index (χ1n) is 10.7. The minimum atomic E-state index is 0.833. The van der Waals surface area contributed by atoms with Gasteiger partial charge in [-0.2, -0.15) is 0 Å². The number of benzene rings is 3. The van der Waals surface area contributed by atoms with Crippen molar-refractivity contribution in [3.05, 3.63) is 89.5 Å². The van der Waals surface area contributed by atoms with Crippen LogP contribution in [0, 0.1) is 6.92 Å². The molecular formula is C26H31N3O. The number of methoxy groups -OCH3 is 1. The van der Waals surface area contributed by atoms with E-state index in [1.54, 1.807) is 7.11 Å². The lowest BCUT2D eigenvalue weighted by Gasteiger charge is -2.33. The van der Waals surface area contributed by atoms with Crippen LogP contribution in [-0.2, 0) is 13.1 Å². The van der Waals surface area contributed by atoms with Crippen molar-refractivity contribution in [1.29, 1.82) is 0 Å². The summed E-state index contributed by atoms with van der Waals surface area (Å²) in [5.41, 5.74) is 6.25. The number of ether oxygens (including phenoxy) is 1. The summed E-state index contributed by atoms with van der Waals surface area (Å²) >= 11 is 0. The number of piperazine rings is 1. The van der Waals surface area contributed by atoms with Crippen LogP contribution in [0.2, 0.25) is 0 Å². The number of hydrogen-bond acceptors (Lipinski definition) is 4. The predicted octanol–water partition coefficient (Wildman–Crippen LogP) is 4.62. The molecule has 1 saturated heterocycles. The number of nitrogens with one attached hydrogen (secondary N) is 1. The zero-order valence-corrected chi connectivity index (χ0v) is 18.0. The van der Waals surface area contributed by atoms with Gasteiger partial charge in [-0.05, 0) is 29.7 Å². The van der Waals surface area contributed by atoms with E-state index in [2.05, 4.69) is 94.8 Å². The Kier molecular flexibility index (Phi) is 6.55. The Bertz CT molecular complexity index is 896. The molecule has 156 valence electrons. The number of anilines is 2. The lowest BCUT2D eigenvalue weighted by Crippen LogP contribution is -2.43. The van der Waals surface area contributed by atoms with Crippen molar-refractivity contribution in [2.24, 2.45) is 0 Å². The Morgan fingerprint density at radius 1 is 0.867 bits per heavy atom. The van der Waals surface area contributed by atoms with Crippen LogP contribution in [0.1, 0.15) is 16.7 Å². The van der Waals surface area contributed by atoms with Crippen LogP contribution in [0.15, 0.2) is 72.8 Å². The highest BCUT2D eigenvalue weighted by Gasteiger charge is 2.20. The van der Waals surface area contributed by atoms with E-state index < -0.39 is 0 Å². The normalized spacial score (nSPS) is 13.9. The molecule has 30 heavy (non-hydrogen) atoms. The first-order valence-corrected chi connectivity index (χ1v) is 10.7. The minimum Gasteiger partial charge on any atom is -0.494 e. The molecule has 1 N–H and O–H groups in total. The lowest BCUT2D eigenvalue weighted by atomic mass is 10.1. The fourth-order valence-electron chi connectivity index (χ4n) is 4.22. The zero-order chi connectivity index (χ0) is 20.8. The maximum Gasteiger partial charge on any atom is 0.144 e. The summed E-state index contributed by atoms with van der Waals surface area (Å²) in [7, 11) is 1.78. The molecule has 0 unspecified atom stereocenters. The molecule has 1 aliphatic heterocycles. The number of nitrogens with zero attached hydrogens (tertiary/aromatic N) is 2. The molecule has 0 aliphatic carbocycles. The fraction of sp³-hybridized carbons (Fsp3) is 0.308. The van der Waals surface area contributed by atoms with Crippen molar-refractivity contribution in [2.75, 3.05) is 43.1 Å². The fourth-order valence-corrected chi connectivity index (χ4v) is 4.22. The second-order valence-electron chi connectivity index (χ2n) is 7.88. The summed E-state index contributed by atoms with van der Waals surface area (Å²) in [5, 5.41) is 3.43. The van der Waals surface area contributed by atoms with E-state index >= 15 is 0 Å². The molecule has 3 aromatic carbocycles. The summed E-state index contributed by atoms with van der Waals surface area (Å²) in [5.74, 6) is 0.940. The van der Waals surface area contributed by atoms with Crippen LogP contribution < -0.4 is 19.9 Å². The van der Waals surface area contributed by atoms with Gasteiger partial charge in [-0.25, -0.2) is 0 Å². The van der Waals surface area contributed by atoms with Crippen LogP contribution in [0.5, 0.6) is 5.75 Å². The number of rotatable bonds is 7. The van der Waals surface area contributed by atoms with E-state index in [-0.39, 0.29) is 0 Å². The second-order valence-corrected chi connectivity index (χ2v) is 7.88. The van der Waals surface area contributed by atoms with Gasteiger partial charge in [0, 0.05) is 51.0 Å². The number of aryl methyl sites for hydroxylation is 1. The van der Waals surface area contributed by atoms with Gasteiger partial charge in [-0.3, -0.25) is 0 Å². The SMILES string of the molecule is COc1cc(N2CCNCC2)cc(C)c1N(Cc1ccccc1)Cc1ccccc1. The van der Waals surface area contributed by atoms with Gasteiger partial charge in [-0.15, -0.1) is 0 Å². The van der Waals surface area contributed by atoms with E-state index in [1.807, 2.05) is 0 Å². The molecule has 0 bridgehead atoms. The van der Waals surface area contributed by atoms with Crippen molar-refractivity contribution < 1.29 is 4.74 Å². The van der Waals surface area contributed by atoms with Gasteiger partial charge in [0.1, 0.15) is 5.75 Å². The molecule has 0 atom stereocenters. The molecular weight excluding hydrogens is 370 g/mol. The molecule has 3 aromatic rings. The topological polar surface area (TPSA) is 27.7 Å². The molecule has 4 heteroatoms. The largest absolute Gasteiger partial charge is 0.494 e. The molecule has 0 spiro atoms. The van der Waals surface area contributed by atoms with Gasteiger partial charge in [0.15, 0.2) is 0 Å². The molecule has 0 amide bonds. The highest BCUT2D eigenvalue weighted by atomic mass is 16.5. The van der Waals surface area contributed by atoms with Gasteiger partial charge in [0.05, 0.1) is 12.8 Å². The molecule has 1 fully saturated rings. The molecule has 1 heterocycles. The Balaban J connectivity index is 1.70. The van der Waals surface area contributed by atoms with Crippen molar-refractivity contribution in [3.8, 4) is 5.75 Å². The Hall–Kier alpha value is -2.98. The molecule has 0 aromatic heterocycles. The van der Waals surface area contributed by atoms with Crippen LogP contribution in [-0.4, -0.2) is 33.3 Å². The average molecular weight is 402 g/mol. The van der Waals surface area contributed by atoms with Crippen molar-refractivity contribution >= 4 is 11.4 Å². The molecule has 0 saturated carbocycles. The lowest BCUT2D eigenvalue weighted by molar-refractivity contribution is 0.413. The quantitative estimate of drug-likeness (QED) is 0.625. The maximum absolute atomic E-state index is 5.93.